The summed E-state index contributed by atoms with van der Waals surface area (Å²) in [4.78, 5) is 11.5. The summed E-state index contributed by atoms with van der Waals surface area (Å²) < 4.78 is 0.333. The second-order valence-corrected chi connectivity index (χ2v) is 5.48. The molecule has 1 amide bonds. The van der Waals surface area contributed by atoms with Gasteiger partial charge in [0.1, 0.15) is 4.49 Å². The Balaban J connectivity index is 2.12. The first-order valence-electron chi connectivity index (χ1n) is 5.46. The fraction of sp³-hybridized carbons (Fsp3) is 0.308. The Morgan fingerprint density at radius 2 is 2.24 bits per heavy atom. The minimum atomic E-state index is -0.302. The van der Waals surface area contributed by atoms with Crippen molar-refractivity contribution in [2.75, 3.05) is 0 Å². The Morgan fingerprint density at radius 1 is 1.47 bits per heavy atom. The van der Waals surface area contributed by atoms with Gasteiger partial charge in [0.25, 0.3) is 0 Å². The van der Waals surface area contributed by atoms with Gasteiger partial charge in [-0.3, -0.25) is 4.79 Å². The lowest BCUT2D eigenvalue weighted by atomic mass is 9.82. The fourth-order valence-electron chi connectivity index (χ4n) is 2.89. The van der Waals surface area contributed by atoms with Crippen LogP contribution in [0.2, 0.25) is 0 Å². The summed E-state index contributed by atoms with van der Waals surface area (Å²) >= 11 is 11.7. The topological polar surface area (TPSA) is 43.1 Å². The second kappa shape index (κ2) is 3.76. The van der Waals surface area contributed by atoms with Gasteiger partial charge in [-0.25, -0.2) is 0 Å². The Morgan fingerprint density at radius 3 is 2.88 bits per heavy atom. The monoisotopic (exact) mass is 266 g/mol. The van der Waals surface area contributed by atoms with Gasteiger partial charge in [0, 0.05) is 5.92 Å². The van der Waals surface area contributed by atoms with Crippen LogP contribution in [0.15, 0.2) is 28.3 Å². The number of halogens is 2. The second-order valence-electron chi connectivity index (χ2n) is 4.53. The van der Waals surface area contributed by atoms with Crippen LogP contribution in [-0.4, -0.2) is 5.91 Å². The predicted molar refractivity (Wildman–Crippen MR) is 66.8 cm³/mol. The van der Waals surface area contributed by atoms with Gasteiger partial charge in [0.15, 0.2) is 0 Å². The Labute approximate surface area is 109 Å². The highest BCUT2D eigenvalue weighted by atomic mass is 35.5. The van der Waals surface area contributed by atoms with E-state index in [2.05, 4.69) is 6.07 Å². The minimum absolute atomic E-state index is 0.266. The molecule has 0 bridgehead atoms. The number of carbonyl (C=O) groups excluding carboxylic acids is 1. The molecule has 0 aromatic heterocycles. The third-order valence-corrected chi connectivity index (χ3v) is 4.12. The Bertz CT molecular complexity index is 534. The first-order valence-corrected chi connectivity index (χ1v) is 6.21. The van der Waals surface area contributed by atoms with Crippen molar-refractivity contribution < 1.29 is 4.79 Å². The summed E-state index contributed by atoms with van der Waals surface area (Å²) in [7, 11) is 0. The number of carbonyl (C=O) groups is 1. The highest BCUT2D eigenvalue weighted by molar-refractivity contribution is 6.56. The number of nitrogens with two attached hydrogens (primary N) is 1. The summed E-state index contributed by atoms with van der Waals surface area (Å²) in [6, 6.07) is 8.85. The lowest BCUT2D eigenvalue weighted by molar-refractivity contribution is -0.119. The Hall–Kier alpha value is -0.990. The molecule has 0 aliphatic heterocycles. The standard InChI is InChI=1S/C13H10Cl2NO/c14-12(15)11-9-5-8(13(16)17)6-3-1-2-4-7(6)10(9)11/h1-2,4,8-10H,5H2,(H2,16,17). The summed E-state index contributed by atoms with van der Waals surface area (Å²) in [6.07, 6.45) is 0.700. The van der Waals surface area contributed by atoms with E-state index in [4.69, 9.17) is 28.9 Å². The van der Waals surface area contributed by atoms with E-state index in [1.165, 1.54) is 0 Å². The van der Waals surface area contributed by atoms with Crippen LogP contribution in [0.3, 0.4) is 0 Å². The molecular weight excluding hydrogens is 257 g/mol. The molecule has 1 saturated carbocycles. The number of allylic oxidation sites excluding steroid dienone is 1. The van der Waals surface area contributed by atoms with Gasteiger partial charge < -0.3 is 5.73 Å². The smallest absolute Gasteiger partial charge is 0.225 e. The van der Waals surface area contributed by atoms with E-state index in [0.29, 0.717) is 10.9 Å². The lowest BCUT2D eigenvalue weighted by Gasteiger charge is -2.21. The lowest BCUT2D eigenvalue weighted by Crippen LogP contribution is -2.25. The van der Waals surface area contributed by atoms with E-state index in [9.17, 15) is 4.79 Å². The molecule has 2 aliphatic carbocycles. The average Bonchev–Trinajstić information content (AvgIpc) is 3.02. The normalized spacial score (nSPS) is 29.3. The third kappa shape index (κ3) is 1.59. The van der Waals surface area contributed by atoms with E-state index in [0.717, 1.165) is 16.7 Å². The van der Waals surface area contributed by atoms with Crippen molar-refractivity contribution in [1.29, 1.82) is 0 Å². The van der Waals surface area contributed by atoms with E-state index in [1.54, 1.807) is 0 Å². The summed E-state index contributed by atoms with van der Waals surface area (Å²) in [5.41, 5.74) is 8.49. The third-order valence-electron chi connectivity index (χ3n) is 3.68. The van der Waals surface area contributed by atoms with Gasteiger partial charge in [0.2, 0.25) is 5.91 Å². The van der Waals surface area contributed by atoms with Gasteiger partial charge in [0.05, 0.1) is 5.92 Å². The van der Waals surface area contributed by atoms with Crippen LogP contribution in [0.4, 0.5) is 0 Å². The van der Waals surface area contributed by atoms with Crippen LogP contribution in [0, 0.1) is 12.0 Å². The summed E-state index contributed by atoms with van der Waals surface area (Å²) in [5, 5.41) is 0. The molecule has 0 spiro atoms. The van der Waals surface area contributed by atoms with Gasteiger partial charge in [-0.2, -0.15) is 0 Å². The van der Waals surface area contributed by atoms with Crippen molar-refractivity contribution in [3.05, 3.63) is 45.5 Å². The minimum Gasteiger partial charge on any atom is -0.369 e. The molecule has 3 atom stereocenters. The predicted octanol–water partition coefficient (Wildman–Crippen LogP) is 2.86. The number of rotatable bonds is 1. The molecule has 1 aromatic rings. The van der Waals surface area contributed by atoms with Crippen molar-refractivity contribution in [3.8, 4) is 0 Å². The van der Waals surface area contributed by atoms with Crippen molar-refractivity contribution >= 4 is 29.1 Å². The molecule has 2 N–H and O–H groups in total. The van der Waals surface area contributed by atoms with Gasteiger partial charge in [-0.1, -0.05) is 41.4 Å². The highest BCUT2D eigenvalue weighted by Crippen LogP contribution is 2.64. The maximum atomic E-state index is 11.5. The molecule has 87 valence electrons. The maximum absolute atomic E-state index is 11.5. The Kier molecular flexibility index (Phi) is 2.46. The zero-order valence-electron chi connectivity index (χ0n) is 8.91. The van der Waals surface area contributed by atoms with Crippen LogP contribution < -0.4 is 5.73 Å². The fourth-order valence-corrected chi connectivity index (χ4v) is 3.40. The molecule has 2 aliphatic rings. The number of benzene rings is 1. The van der Waals surface area contributed by atoms with Gasteiger partial charge in [-0.15, -0.1) is 0 Å². The number of hydrogen-bond acceptors (Lipinski definition) is 1. The van der Waals surface area contributed by atoms with E-state index >= 15 is 0 Å². The van der Waals surface area contributed by atoms with Gasteiger partial charge in [-0.05, 0) is 35.1 Å². The van der Waals surface area contributed by atoms with Crippen molar-refractivity contribution in [2.24, 2.45) is 11.7 Å². The molecule has 2 nitrogen and oxygen atoms in total. The van der Waals surface area contributed by atoms with E-state index < -0.39 is 0 Å². The molecule has 1 aromatic carbocycles. The van der Waals surface area contributed by atoms with E-state index in [-0.39, 0.29) is 23.7 Å². The van der Waals surface area contributed by atoms with Crippen LogP contribution in [0.25, 0.3) is 0 Å². The quantitative estimate of drug-likeness (QED) is 0.835. The van der Waals surface area contributed by atoms with Crippen LogP contribution in [0.5, 0.6) is 0 Å². The number of fused-ring (bicyclic) bond motifs is 3. The number of hydrogen-bond donors (Lipinski definition) is 1. The van der Waals surface area contributed by atoms with E-state index in [1.807, 2.05) is 18.2 Å². The molecular formula is C13H10Cl2NO. The molecule has 3 rings (SSSR count). The molecule has 1 fully saturated rings. The first-order chi connectivity index (χ1) is 8.11. The zero-order valence-corrected chi connectivity index (χ0v) is 10.4. The highest BCUT2D eigenvalue weighted by Gasteiger charge is 2.53. The summed E-state index contributed by atoms with van der Waals surface area (Å²) in [5.74, 6) is -0.0226. The zero-order chi connectivity index (χ0) is 12.2. The molecule has 0 saturated heterocycles. The van der Waals surface area contributed by atoms with Crippen molar-refractivity contribution in [3.63, 3.8) is 0 Å². The van der Waals surface area contributed by atoms with Gasteiger partial charge >= 0.3 is 0 Å². The summed E-state index contributed by atoms with van der Waals surface area (Å²) in [6.45, 7) is 0. The maximum Gasteiger partial charge on any atom is 0.225 e. The van der Waals surface area contributed by atoms with Crippen molar-refractivity contribution in [1.82, 2.24) is 0 Å². The number of primary amides is 1. The molecule has 0 heterocycles. The van der Waals surface area contributed by atoms with Crippen molar-refractivity contribution in [2.45, 2.75) is 18.3 Å². The molecule has 3 unspecified atom stereocenters. The number of amides is 1. The average molecular weight is 267 g/mol. The largest absolute Gasteiger partial charge is 0.369 e. The van der Waals surface area contributed by atoms with Crippen LogP contribution in [0.1, 0.15) is 29.4 Å². The molecule has 1 radical (unpaired) electrons. The van der Waals surface area contributed by atoms with Crippen LogP contribution in [-0.2, 0) is 4.79 Å². The van der Waals surface area contributed by atoms with Crippen LogP contribution >= 0.6 is 23.2 Å². The molecule has 17 heavy (non-hydrogen) atoms. The SMILES string of the molecule is NC(=O)C1CC2C(=C(Cl)Cl)C2c2ccc[c]c21. The first kappa shape index (κ1) is 11.1. The molecule has 4 heteroatoms.